The molecule has 1 aromatic rings. The van der Waals surface area contributed by atoms with Gasteiger partial charge in [-0.25, -0.2) is 0 Å². The van der Waals surface area contributed by atoms with Crippen LogP contribution in [0.4, 0.5) is 0 Å². The average Bonchev–Trinajstić information content (AvgIpc) is 2.38. The molecule has 4 heteroatoms. The van der Waals surface area contributed by atoms with Gasteiger partial charge in [0.25, 0.3) is 0 Å². The maximum atomic E-state index is 9.96. The first-order valence-corrected chi connectivity index (χ1v) is 6.47. The summed E-state index contributed by atoms with van der Waals surface area (Å²) in [6.45, 7) is 0.598. The Labute approximate surface area is 108 Å². The molecule has 0 bridgehead atoms. The first-order valence-electron chi connectivity index (χ1n) is 6.47. The Bertz CT molecular complexity index is 395. The average molecular weight is 251 g/mol. The molecule has 1 aromatic carbocycles. The van der Waals surface area contributed by atoms with Gasteiger partial charge in [0.05, 0.1) is 13.2 Å². The number of aromatic hydroxyl groups is 1. The Balaban J connectivity index is 1.93. The molecular weight excluding hydrogens is 230 g/mol. The molecule has 0 radical (unpaired) electrons. The topological polar surface area (TPSA) is 61.7 Å². The number of benzene rings is 1. The minimum Gasteiger partial charge on any atom is -0.504 e. The van der Waals surface area contributed by atoms with Gasteiger partial charge in [0.1, 0.15) is 0 Å². The fourth-order valence-electron chi connectivity index (χ4n) is 2.48. The molecule has 1 saturated carbocycles. The normalized spacial score (nSPS) is 23.9. The molecule has 0 amide bonds. The zero-order valence-electron chi connectivity index (χ0n) is 10.7. The third-order valence-corrected chi connectivity index (χ3v) is 3.53. The summed E-state index contributed by atoms with van der Waals surface area (Å²) < 4.78 is 5.08. The second-order valence-electron chi connectivity index (χ2n) is 4.87. The van der Waals surface area contributed by atoms with Gasteiger partial charge in [-0.05, 0) is 31.7 Å². The molecule has 100 valence electrons. The Morgan fingerprint density at radius 2 is 2.22 bits per heavy atom. The summed E-state index contributed by atoms with van der Waals surface area (Å²) in [6.07, 6.45) is 3.66. The van der Waals surface area contributed by atoms with Crippen LogP contribution in [0.3, 0.4) is 0 Å². The molecule has 2 unspecified atom stereocenters. The molecule has 1 aliphatic rings. The second-order valence-corrected chi connectivity index (χ2v) is 4.87. The van der Waals surface area contributed by atoms with E-state index >= 15 is 0 Å². The van der Waals surface area contributed by atoms with E-state index in [0.717, 1.165) is 31.2 Å². The number of hydrogen-bond donors (Lipinski definition) is 3. The number of phenols is 1. The molecule has 2 atom stereocenters. The van der Waals surface area contributed by atoms with Crippen molar-refractivity contribution in [3.63, 3.8) is 0 Å². The predicted octanol–water partition coefficient (Wildman–Crippen LogP) is 1.79. The van der Waals surface area contributed by atoms with Crippen molar-refractivity contribution in [2.24, 2.45) is 0 Å². The number of ether oxygens (including phenoxy) is 1. The minimum absolute atomic E-state index is 0.185. The zero-order chi connectivity index (χ0) is 13.0. The van der Waals surface area contributed by atoms with E-state index in [2.05, 4.69) is 5.32 Å². The van der Waals surface area contributed by atoms with E-state index in [4.69, 9.17) is 4.74 Å². The number of rotatable bonds is 4. The number of aliphatic hydroxyl groups excluding tert-OH is 1. The van der Waals surface area contributed by atoms with Gasteiger partial charge in [-0.1, -0.05) is 12.1 Å². The van der Waals surface area contributed by atoms with Crippen molar-refractivity contribution in [2.45, 2.75) is 44.4 Å². The molecule has 0 heterocycles. The molecule has 0 aromatic heterocycles. The number of nitrogens with one attached hydrogen (secondary N) is 1. The Morgan fingerprint density at radius 3 is 2.94 bits per heavy atom. The van der Waals surface area contributed by atoms with Gasteiger partial charge in [-0.3, -0.25) is 0 Å². The third kappa shape index (κ3) is 3.15. The number of phenolic OH excluding ortho intramolecular Hbond substituents is 1. The Morgan fingerprint density at radius 1 is 1.39 bits per heavy atom. The van der Waals surface area contributed by atoms with Crippen molar-refractivity contribution in [3.8, 4) is 11.5 Å². The highest BCUT2D eigenvalue weighted by atomic mass is 16.5. The number of aliphatic hydroxyl groups is 1. The summed E-state index contributed by atoms with van der Waals surface area (Å²) in [5, 5.41) is 22.9. The van der Waals surface area contributed by atoms with Crippen molar-refractivity contribution in [1.29, 1.82) is 0 Å². The van der Waals surface area contributed by atoms with Crippen LogP contribution in [0.2, 0.25) is 0 Å². The van der Waals surface area contributed by atoms with Crippen LogP contribution in [0.1, 0.15) is 31.2 Å². The SMILES string of the molecule is COc1cccc(CNC2CCCC(O)C2)c1O. The summed E-state index contributed by atoms with van der Waals surface area (Å²) >= 11 is 0. The lowest BCUT2D eigenvalue weighted by Gasteiger charge is -2.27. The van der Waals surface area contributed by atoms with E-state index in [9.17, 15) is 10.2 Å². The predicted molar refractivity (Wildman–Crippen MR) is 69.8 cm³/mol. The van der Waals surface area contributed by atoms with Crippen molar-refractivity contribution < 1.29 is 14.9 Å². The van der Waals surface area contributed by atoms with Crippen LogP contribution < -0.4 is 10.1 Å². The highest BCUT2D eigenvalue weighted by Gasteiger charge is 2.20. The molecule has 4 nitrogen and oxygen atoms in total. The monoisotopic (exact) mass is 251 g/mol. The molecule has 18 heavy (non-hydrogen) atoms. The summed E-state index contributed by atoms with van der Waals surface area (Å²) in [4.78, 5) is 0. The maximum Gasteiger partial charge on any atom is 0.162 e. The van der Waals surface area contributed by atoms with Gasteiger partial charge in [0.15, 0.2) is 11.5 Å². The molecular formula is C14H21NO3. The lowest BCUT2D eigenvalue weighted by molar-refractivity contribution is 0.111. The number of hydrogen-bond acceptors (Lipinski definition) is 4. The lowest BCUT2D eigenvalue weighted by Crippen LogP contribution is -2.35. The molecule has 0 aliphatic heterocycles. The van der Waals surface area contributed by atoms with Crippen LogP contribution in [0.15, 0.2) is 18.2 Å². The molecule has 1 aliphatic carbocycles. The van der Waals surface area contributed by atoms with Crippen LogP contribution in [-0.4, -0.2) is 29.5 Å². The smallest absolute Gasteiger partial charge is 0.162 e. The van der Waals surface area contributed by atoms with E-state index < -0.39 is 0 Å². The summed E-state index contributed by atoms with van der Waals surface area (Å²) in [5.74, 6) is 0.696. The molecule has 1 fully saturated rings. The van der Waals surface area contributed by atoms with Crippen molar-refractivity contribution >= 4 is 0 Å². The first-order chi connectivity index (χ1) is 8.70. The minimum atomic E-state index is -0.185. The molecule has 3 N–H and O–H groups in total. The lowest BCUT2D eigenvalue weighted by atomic mass is 9.93. The van der Waals surface area contributed by atoms with Crippen molar-refractivity contribution in [2.75, 3.05) is 7.11 Å². The standard InChI is InChI=1S/C14H21NO3/c1-18-13-7-2-4-10(14(13)17)9-15-11-5-3-6-12(16)8-11/h2,4,7,11-12,15-17H,3,5-6,8-9H2,1H3. The van der Waals surface area contributed by atoms with Crippen LogP contribution >= 0.6 is 0 Å². The zero-order valence-corrected chi connectivity index (χ0v) is 10.7. The molecule has 0 spiro atoms. The fourth-order valence-corrected chi connectivity index (χ4v) is 2.48. The van der Waals surface area contributed by atoms with E-state index in [1.54, 1.807) is 13.2 Å². The van der Waals surface area contributed by atoms with Crippen LogP contribution in [0, 0.1) is 0 Å². The van der Waals surface area contributed by atoms with E-state index in [1.807, 2.05) is 12.1 Å². The van der Waals surface area contributed by atoms with Gasteiger partial charge in [0, 0.05) is 18.2 Å². The largest absolute Gasteiger partial charge is 0.504 e. The van der Waals surface area contributed by atoms with Gasteiger partial charge in [-0.2, -0.15) is 0 Å². The Hall–Kier alpha value is -1.26. The Kier molecular flexibility index (Phi) is 4.44. The van der Waals surface area contributed by atoms with Crippen molar-refractivity contribution in [1.82, 2.24) is 5.32 Å². The highest BCUT2D eigenvalue weighted by molar-refractivity contribution is 5.45. The van der Waals surface area contributed by atoms with Crippen LogP contribution in [0.25, 0.3) is 0 Å². The molecule has 0 saturated heterocycles. The second kappa shape index (κ2) is 6.07. The first kappa shape index (κ1) is 13.2. The van der Waals surface area contributed by atoms with E-state index in [0.29, 0.717) is 18.3 Å². The van der Waals surface area contributed by atoms with Gasteiger partial charge >= 0.3 is 0 Å². The number of para-hydroxylation sites is 1. The molecule has 2 rings (SSSR count). The van der Waals surface area contributed by atoms with Crippen LogP contribution in [0.5, 0.6) is 11.5 Å². The summed E-state index contributed by atoms with van der Waals surface area (Å²) in [7, 11) is 1.55. The fraction of sp³-hybridized carbons (Fsp3) is 0.571. The third-order valence-electron chi connectivity index (χ3n) is 3.53. The number of methoxy groups -OCH3 is 1. The quantitative estimate of drug-likeness (QED) is 0.763. The van der Waals surface area contributed by atoms with Crippen molar-refractivity contribution in [3.05, 3.63) is 23.8 Å². The summed E-state index contributed by atoms with van der Waals surface area (Å²) in [5.41, 5.74) is 0.828. The maximum absolute atomic E-state index is 9.96. The summed E-state index contributed by atoms with van der Waals surface area (Å²) in [6, 6.07) is 5.82. The van der Waals surface area contributed by atoms with Gasteiger partial charge < -0.3 is 20.3 Å². The van der Waals surface area contributed by atoms with Gasteiger partial charge in [-0.15, -0.1) is 0 Å². The van der Waals surface area contributed by atoms with Gasteiger partial charge in [0.2, 0.25) is 0 Å². The van der Waals surface area contributed by atoms with E-state index in [-0.39, 0.29) is 11.9 Å². The highest BCUT2D eigenvalue weighted by Crippen LogP contribution is 2.29. The van der Waals surface area contributed by atoms with E-state index in [1.165, 1.54) is 0 Å². The van der Waals surface area contributed by atoms with Crippen LogP contribution in [-0.2, 0) is 6.54 Å².